The van der Waals surface area contributed by atoms with E-state index in [0.717, 1.165) is 18.7 Å². The minimum Gasteiger partial charge on any atom is -0.472 e. The number of hydrogen-bond donors (Lipinski definition) is 1. The SMILES string of the molecule is CN(Cc1ccoc1)Cc1cc(C#CCO)cs1. The molecular weight excluding hydrogens is 246 g/mol. The molecule has 0 spiro atoms. The quantitative estimate of drug-likeness (QED) is 0.858. The highest BCUT2D eigenvalue weighted by molar-refractivity contribution is 7.10. The van der Waals surface area contributed by atoms with Crippen molar-refractivity contribution in [3.05, 3.63) is 46.0 Å². The van der Waals surface area contributed by atoms with Gasteiger partial charge in [-0.25, -0.2) is 0 Å². The lowest BCUT2D eigenvalue weighted by Crippen LogP contribution is -2.15. The normalized spacial score (nSPS) is 10.4. The zero-order valence-electron chi connectivity index (χ0n) is 10.2. The first kappa shape index (κ1) is 12.9. The molecule has 0 aliphatic rings. The van der Waals surface area contributed by atoms with Gasteiger partial charge in [-0.15, -0.1) is 11.3 Å². The maximum atomic E-state index is 8.64. The van der Waals surface area contributed by atoms with Gasteiger partial charge in [0.05, 0.1) is 12.5 Å². The van der Waals surface area contributed by atoms with E-state index in [-0.39, 0.29) is 6.61 Å². The lowest BCUT2D eigenvalue weighted by atomic mass is 10.3. The molecule has 0 saturated carbocycles. The summed E-state index contributed by atoms with van der Waals surface area (Å²) in [5.41, 5.74) is 2.15. The third-order valence-corrected chi connectivity index (χ3v) is 3.35. The molecule has 0 fully saturated rings. The molecule has 2 heterocycles. The van der Waals surface area contributed by atoms with E-state index in [1.54, 1.807) is 23.9 Å². The van der Waals surface area contributed by atoms with E-state index in [4.69, 9.17) is 9.52 Å². The Morgan fingerprint density at radius 3 is 3.06 bits per heavy atom. The van der Waals surface area contributed by atoms with Crippen molar-refractivity contribution in [1.29, 1.82) is 0 Å². The minimum atomic E-state index is -0.0917. The second-order valence-electron chi connectivity index (χ2n) is 4.07. The number of hydrogen-bond acceptors (Lipinski definition) is 4. The summed E-state index contributed by atoms with van der Waals surface area (Å²) in [5, 5.41) is 10.7. The molecule has 94 valence electrons. The van der Waals surface area contributed by atoms with Crippen molar-refractivity contribution in [3.8, 4) is 11.8 Å². The molecule has 18 heavy (non-hydrogen) atoms. The molecule has 2 aromatic heterocycles. The van der Waals surface area contributed by atoms with Crippen molar-refractivity contribution in [2.45, 2.75) is 13.1 Å². The van der Waals surface area contributed by atoms with Gasteiger partial charge < -0.3 is 9.52 Å². The molecular formula is C14H15NO2S. The summed E-state index contributed by atoms with van der Waals surface area (Å²) in [6.45, 7) is 1.66. The van der Waals surface area contributed by atoms with Crippen molar-refractivity contribution in [2.24, 2.45) is 0 Å². The molecule has 1 N–H and O–H groups in total. The van der Waals surface area contributed by atoms with E-state index in [2.05, 4.69) is 29.9 Å². The smallest absolute Gasteiger partial charge is 0.104 e. The average Bonchev–Trinajstić information content (AvgIpc) is 2.98. The molecule has 2 aromatic rings. The largest absolute Gasteiger partial charge is 0.472 e. The molecule has 0 aromatic carbocycles. The summed E-state index contributed by atoms with van der Waals surface area (Å²) in [6, 6.07) is 4.04. The number of rotatable bonds is 4. The molecule has 0 aliphatic heterocycles. The molecule has 0 bridgehead atoms. The van der Waals surface area contributed by atoms with Crippen molar-refractivity contribution in [2.75, 3.05) is 13.7 Å². The Kier molecular flexibility index (Phi) is 4.59. The average molecular weight is 261 g/mol. The van der Waals surface area contributed by atoms with Crippen LogP contribution in [0.1, 0.15) is 16.0 Å². The number of aliphatic hydroxyl groups excluding tert-OH is 1. The molecule has 0 unspecified atom stereocenters. The fourth-order valence-electron chi connectivity index (χ4n) is 1.69. The van der Waals surface area contributed by atoms with Gasteiger partial charge >= 0.3 is 0 Å². The van der Waals surface area contributed by atoms with Crippen LogP contribution >= 0.6 is 11.3 Å². The summed E-state index contributed by atoms with van der Waals surface area (Å²) in [7, 11) is 2.08. The third-order valence-electron chi connectivity index (χ3n) is 2.42. The summed E-state index contributed by atoms with van der Waals surface area (Å²) < 4.78 is 5.05. The van der Waals surface area contributed by atoms with Gasteiger partial charge in [0.1, 0.15) is 6.61 Å². The van der Waals surface area contributed by atoms with Crippen LogP contribution in [0.5, 0.6) is 0 Å². The Morgan fingerprint density at radius 2 is 2.33 bits per heavy atom. The van der Waals surface area contributed by atoms with Gasteiger partial charge in [-0.2, -0.15) is 0 Å². The summed E-state index contributed by atoms with van der Waals surface area (Å²) in [4.78, 5) is 3.49. The lowest BCUT2D eigenvalue weighted by Gasteiger charge is -2.13. The Bertz CT molecular complexity index is 534. The summed E-state index contributed by atoms with van der Waals surface area (Å²) in [6.07, 6.45) is 3.46. The van der Waals surface area contributed by atoms with Crippen LogP contribution in [0.25, 0.3) is 0 Å². The Balaban J connectivity index is 1.90. The second kappa shape index (κ2) is 6.41. The van der Waals surface area contributed by atoms with Crippen LogP contribution in [0.4, 0.5) is 0 Å². The predicted molar refractivity (Wildman–Crippen MR) is 72.2 cm³/mol. The van der Waals surface area contributed by atoms with Gasteiger partial charge in [-0.1, -0.05) is 11.8 Å². The fourth-order valence-corrected chi connectivity index (χ4v) is 2.58. The molecule has 4 heteroatoms. The van der Waals surface area contributed by atoms with Crippen LogP contribution in [0.3, 0.4) is 0 Å². The number of furan rings is 1. The van der Waals surface area contributed by atoms with Crippen LogP contribution in [0.2, 0.25) is 0 Å². The summed E-state index contributed by atoms with van der Waals surface area (Å²) >= 11 is 1.69. The van der Waals surface area contributed by atoms with Gasteiger partial charge in [0, 0.05) is 34.5 Å². The lowest BCUT2D eigenvalue weighted by molar-refractivity contribution is 0.320. The molecule has 2 rings (SSSR count). The molecule has 0 radical (unpaired) electrons. The standard InChI is InChI=1S/C14H15NO2S/c1-15(8-13-4-6-17-10-13)9-14-7-12(11-18-14)3-2-5-16/h4,6-7,10-11,16H,5,8-9H2,1H3. The van der Waals surface area contributed by atoms with Crippen LogP contribution in [0, 0.1) is 11.8 Å². The van der Waals surface area contributed by atoms with Crippen LogP contribution in [0.15, 0.2) is 34.5 Å². The molecule has 3 nitrogen and oxygen atoms in total. The van der Waals surface area contributed by atoms with E-state index in [9.17, 15) is 0 Å². The van der Waals surface area contributed by atoms with E-state index in [0.29, 0.717) is 0 Å². The zero-order chi connectivity index (χ0) is 12.8. The second-order valence-corrected chi connectivity index (χ2v) is 5.06. The predicted octanol–water partition coefficient (Wildman–Crippen LogP) is 2.32. The van der Waals surface area contributed by atoms with E-state index in [1.807, 2.05) is 11.4 Å². The maximum absolute atomic E-state index is 8.64. The minimum absolute atomic E-state index is 0.0917. The van der Waals surface area contributed by atoms with Gasteiger partial charge in [0.2, 0.25) is 0 Å². The first-order chi connectivity index (χ1) is 8.78. The van der Waals surface area contributed by atoms with Gasteiger partial charge in [-0.3, -0.25) is 4.90 Å². The van der Waals surface area contributed by atoms with Crippen molar-refractivity contribution < 1.29 is 9.52 Å². The highest BCUT2D eigenvalue weighted by atomic mass is 32.1. The molecule has 0 saturated heterocycles. The Labute approximate surface area is 111 Å². The highest BCUT2D eigenvalue weighted by Gasteiger charge is 2.04. The van der Waals surface area contributed by atoms with Crippen molar-refractivity contribution in [1.82, 2.24) is 4.90 Å². The van der Waals surface area contributed by atoms with Crippen molar-refractivity contribution in [3.63, 3.8) is 0 Å². The maximum Gasteiger partial charge on any atom is 0.104 e. The van der Waals surface area contributed by atoms with Gasteiger partial charge in [-0.05, 0) is 19.2 Å². The first-order valence-corrected chi connectivity index (χ1v) is 6.52. The number of thiophene rings is 1. The van der Waals surface area contributed by atoms with E-state index >= 15 is 0 Å². The monoisotopic (exact) mass is 261 g/mol. The van der Waals surface area contributed by atoms with Gasteiger partial charge in [0.25, 0.3) is 0 Å². The first-order valence-electron chi connectivity index (χ1n) is 5.64. The molecule has 0 aliphatic carbocycles. The van der Waals surface area contributed by atoms with E-state index in [1.165, 1.54) is 10.4 Å². The molecule has 0 amide bonds. The van der Waals surface area contributed by atoms with Crippen molar-refractivity contribution >= 4 is 11.3 Å². The topological polar surface area (TPSA) is 36.6 Å². The fraction of sp³-hybridized carbons (Fsp3) is 0.286. The Morgan fingerprint density at radius 1 is 1.44 bits per heavy atom. The summed E-state index contributed by atoms with van der Waals surface area (Å²) in [5.74, 6) is 5.56. The van der Waals surface area contributed by atoms with Crippen LogP contribution < -0.4 is 0 Å². The van der Waals surface area contributed by atoms with Crippen LogP contribution in [-0.4, -0.2) is 23.7 Å². The molecule has 0 atom stereocenters. The number of aliphatic hydroxyl groups is 1. The van der Waals surface area contributed by atoms with E-state index < -0.39 is 0 Å². The zero-order valence-corrected chi connectivity index (χ0v) is 11.0. The van der Waals surface area contributed by atoms with Crippen LogP contribution in [-0.2, 0) is 13.1 Å². The highest BCUT2D eigenvalue weighted by Crippen LogP contribution is 2.16. The Hall–Kier alpha value is -1.54. The van der Waals surface area contributed by atoms with Gasteiger partial charge in [0.15, 0.2) is 0 Å². The number of nitrogens with zero attached hydrogens (tertiary/aromatic N) is 1. The third kappa shape index (κ3) is 3.74.